The summed E-state index contributed by atoms with van der Waals surface area (Å²) in [6.07, 6.45) is 5.69. The molecule has 3 aliphatic rings. The molecule has 1 aromatic carbocycles. The van der Waals surface area contributed by atoms with Crippen LogP contribution < -0.4 is 10.6 Å². The van der Waals surface area contributed by atoms with Crippen molar-refractivity contribution in [2.45, 2.75) is 70.9 Å². The first kappa shape index (κ1) is 19.7. The highest BCUT2D eigenvalue weighted by Crippen LogP contribution is 2.34. The van der Waals surface area contributed by atoms with E-state index in [1.54, 1.807) is 0 Å². The summed E-state index contributed by atoms with van der Waals surface area (Å²) in [7, 11) is 1.84. The highest BCUT2D eigenvalue weighted by Gasteiger charge is 2.41. The maximum Gasteiger partial charge on any atom is 0.191 e. The zero-order chi connectivity index (χ0) is 19.5. The van der Waals surface area contributed by atoms with Crippen molar-refractivity contribution in [2.75, 3.05) is 20.1 Å². The van der Waals surface area contributed by atoms with Crippen LogP contribution in [0.15, 0.2) is 29.3 Å². The van der Waals surface area contributed by atoms with Gasteiger partial charge >= 0.3 is 0 Å². The average molecular weight is 385 g/mol. The second kappa shape index (κ2) is 8.83. The predicted molar refractivity (Wildman–Crippen MR) is 114 cm³/mol. The maximum absolute atomic E-state index is 5.93. The molecule has 5 nitrogen and oxygen atoms in total. The molecule has 0 radical (unpaired) electrons. The van der Waals surface area contributed by atoms with Crippen LogP contribution in [0.3, 0.4) is 0 Å². The minimum Gasteiger partial charge on any atom is -0.373 e. The molecule has 5 heteroatoms. The molecule has 28 heavy (non-hydrogen) atoms. The molecule has 3 aliphatic heterocycles. The van der Waals surface area contributed by atoms with Crippen LogP contribution in [0.5, 0.6) is 0 Å². The van der Waals surface area contributed by atoms with E-state index in [2.05, 4.69) is 58.6 Å². The SMILES string of the molecule is CN=C(NCc1ccc(CN2CC(C)CC(C)C2)cc1)NC1CC2CCC1O2. The van der Waals surface area contributed by atoms with E-state index in [4.69, 9.17) is 4.74 Å². The number of fused-ring (bicyclic) bond motifs is 2. The van der Waals surface area contributed by atoms with E-state index >= 15 is 0 Å². The summed E-state index contributed by atoms with van der Waals surface area (Å²) in [5.41, 5.74) is 2.70. The summed E-state index contributed by atoms with van der Waals surface area (Å²) in [5, 5.41) is 7.01. The van der Waals surface area contributed by atoms with Gasteiger partial charge in [0.25, 0.3) is 0 Å². The van der Waals surface area contributed by atoms with Gasteiger partial charge in [-0.3, -0.25) is 9.89 Å². The molecule has 1 aromatic rings. The molecule has 154 valence electrons. The van der Waals surface area contributed by atoms with E-state index in [-0.39, 0.29) is 0 Å². The Hall–Kier alpha value is -1.59. The molecule has 5 atom stereocenters. The number of piperidine rings is 1. The van der Waals surface area contributed by atoms with Crippen molar-refractivity contribution in [3.05, 3.63) is 35.4 Å². The summed E-state index contributed by atoms with van der Waals surface area (Å²) >= 11 is 0. The molecule has 3 heterocycles. The lowest BCUT2D eigenvalue weighted by molar-refractivity contribution is 0.0992. The molecule has 0 amide bonds. The van der Waals surface area contributed by atoms with Crippen molar-refractivity contribution in [1.82, 2.24) is 15.5 Å². The summed E-state index contributed by atoms with van der Waals surface area (Å²) < 4.78 is 5.93. The Morgan fingerprint density at radius 3 is 2.39 bits per heavy atom. The number of hydrogen-bond donors (Lipinski definition) is 2. The molecule has 4 rings (SSSR count). The van der Waals surface area contributed by atoms with Gasteiger partial charge in [0.1, 0.15) is 0 Å². The Kier molecular flexibility index (Phi) is 6.22. The second-order valence-electron chi connectivity index (χ2n) is 9.24. The zero-order valence-corrected chi connectivity index (χ0v) is 17.7. The molecule has 2 N–H and O–H groups in total. The van der Waals surface area contributed by atoms with E-state index in [9.17, 15) is 0 Å². The molecule has 0 aromatic heterocycles. The zero-order valence-electron chi connectivity index (χ0n) is 17.7. The number of hydrogen-bond acceptors (Lipinski definition) is 3. The third kappa shape index (κ3) is 4.87. The van der Waals surface area contributed by atoms with Crippen LogP contribution in [0.1, 0.15) is 50.7 Å². The van der Waals surface area contributed by atoms with Gasteiger partial charge < -0.3 is 15.4 Å². The van der Waals surface area contributed by atoms with Gasteiger partial charge in [0.15, 0.2) is 5.96 Å². The Labute approximate surface area is 169 Å². The molecular weight excluding hydrogens is 348 g/mol. The summed E-state index contributed by atoms with van der Waals surface area (Å²) in [4.78, 5) is 7.00. The number of likely N-dealkylation sites (tertiary alicyclic amines) is 1. The molecule has 3 fully saturated rings. The lowest BCUT2D eigenvalue weighted by Crippen LogP contribution is -2.47. The van der Waals surface area contributed by atoms with E-state index < -0.39 is 0 Å². The summed E-state index contributed by atoms with van der Waals surface area (Å²) in [6, 6.07) is 9.45. The lowest BCUT2D eigenvalue weighted by Gasteiger charge is -2.35. The van der Waals surface area contributed by atoms with Gasteiger partial charge in [0.2, 0.25) is 0 Å². The first-order chi connectivity index (χ1) is 13.6. The Morgan fingerprint density at radius 1 is 1.07 bits per heavy atom. The van der Waals surface area contributed by atoms with Gasteiger partial charge in [-0.2, -0.15) is 0 Å². The van der Waals surface area contributed by atoms with E-state index in [1.165, 1.54) is 43.5 Å². The third-order valence-electron chi connectivity index (χ3n) is 6.49. The number of aliphatic imine (C=N–C) groups is 1. The number of benzene rings is 1. The van der Waals surface area contributed by atoms with Crippen molar-refractivity contribution < 1.29 is 4.74 Å². The van der Waals surface area contributed by atoms with Gasteiger partial charge in [-0.1, -0.05) is 38.1 Å². The van der Waals surface area contributed by atoms with Crippen molar-refractivity contribution in [2.24, 2.45) is 16.8 Å². The second-order valence-corrected chi connectivity index (χ2v) is 9.24. The van der Waals surface area contributed by atoms with Gasteiger partial charge in [-0.25, -0.2) is 0 Å². The highest BCUT2D eigenvalue weighted by molar-refractivity contribution is 5.80. The lowest BCUT2D eigenvalue weighted by atomic mass is 9.91. The van der Waals surface area contributed by atoms with E-state index in [1.807, 2.05) is 7.05 Å². The van der Waals surface area contributed by atoms with Crippen LogP contribution >= 0.6 is 0 Å². The first-order valence-electron chi connectivity index (χ1n) is 11.0. The van der Waals surface area contributed by atoms with Crippen LogP contribution in [0.2, 0.25) is 0 Å². The summed E-state index contributed by atoms with van der Waals surface area (Å²) in [6.45, 7) is 9.06. The van der Waals surface area contributed by atoms with Crippen LogP contribution in [0, 0.1) is 11.8 Å². The molecule has 5 unspecified atom stereocenters. The Balaban J connectivity index is 1.24. The van der Waals surface area contributed by atoms with Crippen LogP contribution in [0.25, 0.3) is 0 Å². The molecule has 0 saturated carbocycles. The molecule has 3 saturated heterocycles. The highest BCUT2D eigenvalue weighted by atomic mass is 16.5. The fourth-order valence-corrected chi connectivity index (χ4v) is 5.29. The van der Waals surface area contributed by atoms with Crippen molar-refractivity contribution in [3.8, 4) is 0 Å². The molecule has 0 aliphatic carbocycles. The Morgan fingerprint density at radius 2 is 1.79 bits per heavy atom. The van der Waals surface area contributed by atoms with Crippen molar-refractivity contribution in [1.29, 1.82) is 0 Å². The van der Waals surface area contributed by atoms with Crippen LogP contribution in [-0.2, 0) is 17.8 Å². The van der Waals surface area contributed by atoms with Crippen molar-refractivity contribution in [3.63, 3.8) is 0 Å². The minimum absolute atomic E-state index is 0.364. The van der Waals surface area contributed by atoms with Gasteiger partial charge in [0, 0.05) is 33.2 Å². The smallest absolute Gasteiger partial charge is 0.191 e. The standard InChI is InChI=1S/C23H36N4O/c1-16-10-17(2)14-27(13-16)15-19-6-4-18(5-7-19)12-25-23(24-3)26-21-11-20-8-9-22(21)28-20/h4-7,16-17,20-22H,8-15H2,1-3H3,(H2,24,25,26). The summed E-state index contributed by atoms with van der Waals surface area (Å²) in [5.74, 6) is 2.50. The Bertz CT molecular complexity index is 664. The predicted octanol–water partition coefficient (Wildman–Crippen LogP) is 3.15. The number of guanidine groups is 1. The normalized spacial score (nSPS) is 33.2. The van der Waals surface area contributed by atoms with E-state index in [0.717, 1.165) is 37.3 Å². The first-order valence-corrected chi connectivity index (χ1v) is 11.0. The molecular formula is C23H36N4O. The molecule has 0 spiro atoms. The topological polar surface area (TPSA) is 48.9 Å². The number of rotatable bonds is 5. The van der Waals surface area contributed by atoms with Gasteiger partial charge in [0.05, 0.1) is 18.2 Å². The van der Waals surface area contributed by atoms with Gasteiger partial charge in [-0.05, 0) is 48.6 Å². The largest absolute Gasteiger partial charge is 0.373 e. The molecule has 2 bridgehead atoms. The minimum atomic E-state index is 0.364. The third-order valence-corrected chi connectivity index (χ3v) is 6.49. The fraction of sp³-hybridized carbons (Fsp3) is 0.696. The maximum atomic E-state index is 5.93. The van der Waals surface area contributed by atoms with E-state index in [0.29, 0.717) is 18.2 Å². The number of nitrogens with zero attached hydrogens (tertiary/aromatic N) is 2. The number of nitrogens with one attached hydrogen (secondary N) is 2. The van der Waals surface area contributed by atoms with Crippen LogP contribution in [-0.4, -0.2) is 49.2 Å². The van der Waals surface area contributed by atoms with Crippen LogP contribution in [0.4, 0.5) is 0 Å². The number of ether oxygens (including phenoxy) is 1. The van der Waals surface area contributed by atoms with Crippen molar-refractivity contribution >= 4 is 5.96 Å². The fourth-order valence-electron chi connectivity index (χ4n) is 5.29. The quantitative estimate of drug-likeness (QED) is 0.605. The van der Waals surface area contributed by atoms with Gasteiger partial charge in [-0.15, -0.1) is 0 Å². The monoisotopic (exact) mass is 384 g/mol. The average Bonchev–Trinajstić information content (AvgIpc) is 3.28.